The van der Waals surface area contributed by atoms with E-state index in [9.17, 15) is 9.90 Å². The Morgan fingerprint density at radius 3 is 2.85 bits per heavy atom. The first kappa shape index (κ1) is 15.4. The zero-order valence-electron chi connectivity index (χ0n) is 11.9. The molecule has 1 aromatic heterocycles. The normalized spacial score (nSPS) is 26.4. The van der Waals surface area contributed by atoms with Crippen LogP contribution in [0.1, 0.15) is 38.3 Å². The Hall–Kier alpha value is -1.01. The number of ether oxygens (including phenoxy) is 1. The van der Waals surface area contributed by atoms with Gasteiger partial charge < -0.3 is 14.3 Å². The predicted molar refractivity (Wildman–Crippen MR) is 75.5 cm³/mol. The molecule has 20 heavy (non-hydrogen) atoms. The Morgan fingerprint density at radius 2 is 2.30 bits per heavy atom. The SMILES string of the molecule is CCOC(=O)C1CCC(O)(CSc2nc(C)co2)CC1. The van der Waals surface area contributed by atoms with Crippen molar-refractivity contribution in [2.24, 2.45) is 5.92 Å². The highest BCUT2D eigenvalue weighted by molar-refractivity contribution is 7.99. The van der Waals surface area contributed by atoms with E-state index in [0.29, 0.717) is 43.3 Å². The molecule has 0 saturated heterocycles. The van der Waals surface area contributed by atoms with Gasteiger partial charge in [-0.1, -0.05) is 11.8 Å². The summed E-state index contributed by atoms with van der Waals surface area (Å²) in [5.41, 5.74) is 0.0984. The Labute approximate surface area is 123 Å². The van der Waals surface area contributed by atoms with Crippen molar-refractivity contribution in [3.8, 4) is 0 Å². The summed E-state index contributed by atoms with van der Waals surface area (Å²) in [5.74, 6) is 0.345. The second kappa shape index (κ2) is 6.63. The van der Waals surface area contributed by atoms with Crippen LogP contribution in [0.3, 0.4) is 0 Å². The van der Waals surface area contributed by atoms with Crippen LogP contribution in [-0.4, -0.2) is 34.0 Å². The van der Waals surface area contributed by atoms with Gasteiger partial charge in [0.05, 0.1) is 23.8 Å². The van der Waals surface area contributed by atoms with Crippen molar-refractivity contribution in [2.75, 3.05) is 12.4 Å². The Balaban J connectivity index is 1.80. The summed E-state index contributed by atoms with van der Waals surface area (Å²) in [6.45, 7) is 4.10. The van der Waals surface area contributed by atoms with E-state index in [1.165, 1.54) is 11.8 Å². The van der Waals surface area contributed by atoms with E-state index in [-0.39, 0.29) is 11.9 Å². The number of hydrogen-bond donors (Lipinski definition) is 1. The summed E-state index contributed by atoms with van der Waals surface area (Å²) in [6.07, 6.45) is 4.19. The first-order chi connectivity index (χ1) is 9.52. The minimum atomic E-state index is -0.740. The summed E-state index contributed by atoms with van der Waals surface area (Å²) in [7, 11) is 0. The molecule has 2 rings (SSSR count). The zero-order valence-corrected chi connectivity index (χ0v) is 12.7. The monoisotopic (exact) mass is 299 g/mol. The molecule has 1 fully saturated rings. The number of oxazole rings is 1. The summed E-state index contributed by atoms with van der Waals surface area (Å²) in [6, 6.07) is 0. The van der Waals surface area contributed by atoms with Crippen LogP contribution in [0.25, 0.3) is 0 Å². The van der Waals surface area contributed by atoms with Gasteiger partial charge in [-0.3, -0.25) is 4.79 Å². The maximum atomic E-state index is 11.7. The molecule has 1 saturated carbocycles. The van der Waals surface area contributed by atoms with E-state index in [0.717, 1.165) is 5.69 Å². The summed E-state index contributed by atoms with van der Waals surface area (Å²) in [5, 5.41) is 11.1. The number of thioether (sulfide) groups is 1. The van der Waals surface area contributed by atoms with Gasteiger partial charge in [-0.15, -0.1) is 0 Å². The fraction of sp³-hybridized carbons (Fsp3) is 0.714. The lowest BCUT2D eigenvalue weighted by Gasteiger charge is -2.34. The molecule has 0 radical (unpaired) electrons. The minimum Gasteiger partial charge on any atom is -0.466 e. The average Bonchev–Trinajstić information content (AvgIpc) is 2.84. The van der Waals surface area contributed by atoms with E-state index >= 15 is 0 Å². The molecule has 1 aromatic rings. The number of carbonyl (C=O) groups is 1. The van der Waals surface area contributed by atoms with E-state index in [2.05, 4.69) is 4.98 Å². The molecule has 0 unspecified atom stereocenters. The highest BCUT2D eigenvalue weighted by Crippen LogP contribution is 2.36. The molecule has 0 bridgehead atoms. The first-order valence-corrected chi connectivity index (χ1v) is 7.95. The lowest BCUT2D eigenvalue weighted by molar-refractivity contribution is -0.150. The standard InChI is InChI=1S/C14H21NO4S/c1-3-18-12(16)11-4-6-14(17,7-5-11)9-20-13-15-10(2)8-19-13/h8,11,17H,3-7,9H2,1-2H3. The second-order valence-corrected chi connectivity index (χ2v) is 6.22. The molecule has 112 valence electrons. The van der Waals surface area contributed by atoms with Crippen LogP contribution >= 0.6 is 11.8 Å². The minimum absolute atomic E-state index is 0.0655. The van der Waals surface area contributed by atoms with Crippen LogP contribution in [0, 0.1) is 12.8 Å². The van der Waals surface area contributed by atoms with Crippen LogP contribution in [0.15, 0.2) is 15.9 Å². The molecular formula is C14H21NO4S. The lowest BCUT2D eigenvalue weighted by Crippen LogP contribution is -2.38. The topological polar surface area (TPSA) is 72.6 Å². The Morgan fingerprint density at radius 1 is 1.60 bits per heavy atom. The molecule has 0 aliphatic heterocycles. The van der Waals surface area contributed by atoms with Crippen LogP contribution in [0.5, 0.6) is 0 Å². The molecular weight excluding hydrogens is 278 g/mol. The highest BCUT2D eigenvalue weighted by Gasteiger charge is 2.36. The number of aliphatic hydroxyl groups is 1. The lowest BCUT2D eigenvalue weighted by atomic mass is 9.80. The molecule has 5 nitrogen and oxygen atoms in total. The van der Waals surface area contributed by atoms with Crippen molar-refractivity contribution in [1.82, 2.24) is 4.98 Å². The fourth-order valence-corrected chi connectivity index (χ4v) is 3.40. The van der Waals surface area contributed by atoms with Gasteiger partial charge in [0.1, 0.15) is 6.26 Å². The number of rotatable bonds is 5. The molecule has 1 aliphatic carbocycles. The van der Waals surface area contributed by atoms with Crippen molar-refractivity contribution in [3.63, 3.8) is 0 Å². The van der Waals surface area contributed by atoms with Crippen LogP contribution < -0.4 is 0 Å². The van der Waals surface area contributed by atoms with Gasteiger partial charge in [-0.2, -0.15) is 0 Å². The van der Waals surface area contributed by atoms with E-state index < -0.39 is 5.60 Å². The number of esters is 1. The summed E-state index contributed by atoms with van der Waals surface area (Å²) < 4.78 is 10.3. The van der Waals surface area contributed by atoms with Gasteiger partial charge in [0.15, 0.2) is 0 Å². The van der Waals surface area contributed by atoms with Crippen molar-refractivity contribution in [2.45, 2.75) is 50.4 Å². The smallest absolute Gasteiger partial charge is 0.308 e. The highest BCUT2D eigenvalue weighted by atomic mass is 32.2. The zero-order chi connectivity index (χ0) is 14.6. The van der Waals surface area contributed by atoms with Crippen molar-refractivity contribution < 1.29 is 19.1 Å². The molecule has 0 atom stereocenters. The molecule has 0 spiro atoms. The van der Waals surface area contributed by atoms with Crippen molar-refractivity contribution >= 4 is 17.7 Å². The number of nitrogens with zero attached hydrogens (tertiary/aromatic N) is 1. The van der Waals surface area contributed by atoms with E-state index in [4.69, 9.17) is 9.15 Å². The van der Waals surface area contributed by atoms with Gasteiger partial charge in [0.2, 0.25) is 0 Å². The first-order valence-electron chi connectivity index (χ1n) is 6.96. The van der Waals surface area contributed by atoms with Gasteiger partial charge in [-0.05, 0) is 39.5 Å². The molecule has 0 amide bonds. The van der Waals surface area contributed by atoms with E-state index in [1.807, 2.05) is 13.8 Å². The molecule has 0 aromatic carbocycles. The van der Waals surface area contributed by atoms with Crippen LogP contribution in [-0.2, 0) is 9.53 Å². The quantitative estimate of drug-likeness (QED) is 0.665. The average molecular weight is 299 g/mol. The van der Waals surface area contributed by atoms with Gasteiger partial charge in [-0.25, -0.2) is 4.98 Å². The predicted octanol–water partition coefficient (Wildman–Crippen LogP) is 2.56. The number of hydrogen-bond acceptors (Lipinski definition) is 6. The third kappa shape index (κ3) is 3.99. The Bertz CT molecular complexity index is 452. The van der Waals surface area contributed by atoms with Gasteiger partial charge >= 0.3 is 5.97 Å². The molecule has 6 heteroatoms. The number of aryl methyl sites for hydroxylation is 1. The third-order valence-corrected chi connectivity index (χ3v) is 4.71. The van der Waals surface area contributed by atoms with Crippen LogP contribution in [0.2, 0.25) is 0 Å². The van der Waals surface area contributed by atoms with Gasteiger partial charge in [0, 0.05) is 5.75 Å². The van der Waals surface area contributed by atoms with Crippen molar-refractivity contribution in [3.05, 3.63) is 12.0 Å². The molecule has 1 N–H and O–H groups in total. The van der Waals surface area contributed by atoms with Crippen LogP contribution in [0.4, 0.5) is 0 Å². The van der Waals surface area contributed by atoms with Gasteiger partial charge in [0.25, 0.3) is 5.22 Å². The summed E-state index contributed by atoms with van der Waals surface area (Å²) >= 11 is 1.42. The number of aromatic nitrogens is 1. The largest absolute Gasteiger partial charge is 0.466 e. The third-order valence-electron chi connectivity index (χ3n) is 3.60. The van der Waals surface area contributed by atoms with Crippen molar-refractivity contribution in [1.29, 1.82) is 0 Å². The van der Waals surface area contributed by atoms with E-state index in [1.54, 1.807) is 6.26 Å². The number of carbonyl (C=O) groups excluding carboxylic acids is 1. The second-order valence-electron chi connectivity index (χ2n) is 5.29. The maximum absolute atomic E-state index is 11.7. The maximum Gasteiger partial charge on any atom is 0.308 e. The Kier molecular flexibility index (Phi) is 5.10. The molecule has 1 aliphatic rings. The molecule has 1 heterocycles. The summed E-state index contributed by atoms with van der Waals surface area (Å²) in [4.78, 5) is 15.9. The fourth-order valence-electron chi connectivity index (χ4n) is 2.39.